The largest absolute Gasteiger partial charge is 0.373 e. The lowest BCUT2D eigenvalue weighted by Gasteiger charge is -2.35. The first-order chi connectivity index (χ1) is 17.7. The summed E-state index contributed by atoms with van der Waals surface area (Å²) >= 11 is 0. The number of benzene rings is 4. The molecule has 7 rings (SSSR count). The van der Waals surface area contributed by atoms with Crippen LogP contribution in [0.2, 0.25) is 0 Å². The van der Waals surface area contributed by atoms with Crippen LogP contribution in [-0.2, 0) is 11.3 Å². The van der Waals surface area contributed by atoms with Crippen molar-refractivity contribution in [2.24, 2.45) is 0 Å². The smallest absolute Gasteiger partial charge is 0.161 e. The first-order valence-electron chi connectivity index (χ1n) is 12.5. The summed E-state index contributed by atoms with van der Waals surface area (Å²) in [6.07, 6.45) is 4.56. The fraction of sp³-hybridized carbons (Fsp3) is 0.156. The van der Waals surface area contributed by atoms with E-state index in [0.29, 0.717) is 13.0 Å². The Hall–Kier alpha value is -4.18. The van der Waals surface area contributed by atoms with Crippen LogP contribution in [0.15, 0.2) is 96.7 Å². The molecule has 3 nitrogen and oxygen atoms in total. The summed E-state index contributed by atoms with van der Waals surface area (Å²) in [5, 5.41) is 7.29. The van der Waals surface area contributed by atoms with Crippen LogP contribution in [0.4, 0.5) is 10.1 Å². The van der Waals surface area contributed by atoms with E-state index in [2.05, 4.69) is 70.7 Å². The van der Waals surface area contributed by atoms with E-state index in [4.69, 9.17) is 0 Å². The number of anilines is 1. The molecule has 0 radical (unpaired) electrons. The van der Waals surface area contributed by atoms with Crippen LogP contribution in [0.3, 0.4) is 0 Å². The number of para-hydroxylation sites is 1. The van der Waals surface area contributed by atoms with Gasteiger partial charge in [-0.25, -0.2) is 4.39 Å². The van der Waals surface area contributed by atoms with Crippen LogP contribution in [0.25, 0.3) is 27.2 Å². The predicted molar refractivity (Wildman–Crippen MR) is 144 cm³/mol. The van der Waals surface area contributed by atoms with Crippen molar-refractivity contribution < 1.29 is 9.18 Å². The molecular formula is C32H25FN2O. The van der Waals surface area contributed by atoms with Crippen LogP contribution >= 0.6 is 0 Å². The normalized spacial score (nSPS) is 17.2. The molecule has 1 N–H and O–H groups in total. The molecule has 5 aromatic rings. The van der Waals surface area contributed by atoms with Gasteiger partial charge < -0.3 is 9.88 Å². The van der Waals surface area contributed by atoms with Crippen LogP contribution in [-0.4, -0.2) is 10.4 Å². The minimum atomic E-state index is -0.232. The number of hydrogen-bond donors (Lipinski definition) is 1. The van der Waals surface area contributed by atoms with E-state index in [1.807, 2.05) is 18.2 Å². The Bertz CT molecular complexity index is 1690. The summed E-state index contributed by atoms with van der Waals surface area (Å²) in [4.78, 5) is 13.5. The number of nitrogens with one attached hydrogen (secondary N) is 1. The fourth-order valence-electron chi connectivity index (χ4n) is 6.06. The Labute approximate surface area is 208 Å². The van der Waals surface area contributed by atoms with Crippen molar-refractivity contribution in [2.45, 2.75) is 31.8 Å². The molecule has 4 heteroatoms. The lowest BCUT2D eigenvalue weighted by Crippen LogP contribution is -2.27. The van der Waals surface area contributed by atoms with Gasteiger partial charge in [0.15, 0.2) is 5.78 Å². The number of fused-ring (bicyclic) bond motifs is 5. The first kappa shape index (κ1) is 21.1. The third-order valence-corrected chi connectivity index (χ3v) is 7.67. The van der Waals surface area contributed by atoms with Crippen molar-refractivity contribution in [3.63, 3.8) is 0 Å². The lowest BCUT2D eigenvalue weighted by molar-refractivity contribution is -0.116. The second-order valence-electron chi connectivity index (χ2n) is 9.81. The minimum Gasteiger partial charge on any atom is -0.373 e. The molecule has 0 fully saturated rings. The molecule has 4 aromatic carbocycles. The number of rotatable bonds is 3. The van der Waals surface area contributed by atoms with Gasteiger partial charge in [0.2, 0.25) is 0 Å². The van der Waals surface area contributed by atoms with E-state index in [0.717, 1.165) is 46.1 Å². The fourth-order valence-corrected chi connectivity index (χ4v) is 6.06. The van der Waals surface area contributed by atoms with Crippen molar-refractivity contribution in [3.8, 4) is 0 Å². The van der Waals surface area contributed by atoms with Crippen molar-refractivity contribution in [3.05, 3.63) is 119 Å². The molecule has 0 unspecified atom stereocenters. The van der Waals surface area contributed by atoms with Crippen LogP contribution < -0.4 is 5.32 Å². The van der Waals surface area contributed by atoms with Gasteiger partial charge in [0.25, 0.3) is 0 Å². The van der Waals surface area contributed by atoms with Crippen LogP contribution in [0, 0.1) is 5.82 Å². The monoisotopic (exact) mass is 472 g/mol. The van der Waals surface area contributed by atoms with E-state index in [9.17, 15) is 9.18 Å². The highest BCUT2D eigenvalue weighted by Gasteiger charge is 2.36. The molecule has 1 atom stereocenters. The van der Waals surface area contributed by atoms with Crippen molar-refractivity contribution in [1.82, 2.24) is 4.57 Å². The molecule has 1 aromatic heterocycles. The number of halogens is 1. The Kier molecular flexibility index (Phi) is 4.81. The summed E-state index contributed by atoms with van der Waals surface area (Å²) in [7, 11) is 0. The summed E-state index contributed by atoms with van der Waals surface area (Å²) < 4.78 is 15.7. The molecule has 2 heterocycles. The number of Topliss-reactive ketones (excluding diaryl/α,β-unsaturated/α-hetero) is 1. The minimum absolute atomic E-state index is 0.208. The number of nitrogens with zero attached hydrogens (tertiary/aromatic N) is 1. The van der Waals surface area contributed by atoms with Crippen molar-refractivity contribution >= 4 is 38.7 Å². The maximum absolute atomic E-state index is 13.5. The predicted octanol–water partition coefficient (Wildman–Crippen LogP) is 7.66. The van der Waals surface area contributed by atoms with Gasteiger partial charge in [-0.1, -0.05) is 60.7 Å². The Morgan fingerprint density at radius 2 is 1.64 bits per heavy atom. The third-order valence-electron chi connectivity index (χ3n) is 7.67. The first-order valence-corrected chi connectivity index (χ1v) is 12.5. The maximum Gasteiger partial charge on any atom is 0.161 e. The maximum atomic E-state index is 13.5. The highest BCUT2D eigenvalue weighted by molar-refractivity contribution is 6.13. The number of aromatic nitrogens is 1. The molecule has 1 aliphatic heterocycles. The second kappa shape index (κ2) is 8.20. The van der Waals surface area contributed by atoms with E-state index in [1.54, 1.807) is 0 Å². The zero-order chi connectivity index (χ0) is 24.2. The average molecular weight is 473 g/mol. The number of carbonyl (C=O) groups excluding carboxylic acids is 1. The Balaban J connectivity index is 1.42. The molecule has 0 saturated heterocycles. The zero-order valence-electron chi connectivity index (χ0n) is 19.8. The topological polar surface area (TPSA) is 34.0 Å². The molecule has 0 bridgehead atoms. The summed E-state index contributed by atoms with van der Waals surface area (Å²) in [6, 6.07) is 27.5. The average Bonchev–Trinajstić information content (AvgIpc) is 3.27. The number of ketones is 1. The quantitative estimate of drug-likeness (QED) is 0.293. The Morgan fingerprint density at radius 1 is 0.861 bits per heavy atom. The summed E-state index contributed by atoms with van der Waals surface area (Å²) in [5.74, 6) is 0.00683. The molecule has 0 amide bonds. The highest BCUT2D eigenvalue weighted by atomic mass is 19.1. The summed E-state index contributed by atoms with van der Waals surface area (Å²) in [6.45, 7) is 0.634. The van der Waals surface area contributed by atoms with Gasteiger partial charge in [-0.3, -0.25) is 4.79 Å². The highest BCUT2D eigenvalue weighted by Crippen LogP contribution is 2.49. The SMILES string of the molecule is O=C1CCCC2=C1[C@H](c1cn(Cc3ccc(F)cc3)c3ccccc13)Nc1ccc3ccccc3c12. The summed E-state index contributed by atoms with van der Waals surface area (Å²) in [5.41, 5.74) is 7.62. The molecule has 0 spiro atoms. The molecule has 0 saturated carbocycles. The number of hydrogen-bond acceptors (Lipinski definition) is 2. The van der Waals surface area contributed by atoms with E-state index in [-0.39, 0.29) is 17.6 Å². The number of allylic oxidation sites excluding steroid dienone is 1. The molecule has 2 aliphatic rings. The van der Waals surface area contributed by atoms with E-state index < -0.39 is 0 Å². The molecule has 1 aliphatic carbocycles. The van der Waals surface area contributed by atoms with Gasteiger partial charge in [0, 0.05) is 52.5 Å². The standard InChI is InChI=1S/C32H25FN2O/c33-22-15-12-20(13-16-22)18-35-19-26(24-8-3-4-10-28(24)35)32-31-25(9-5-11-29(31)36)30-23-7-2-1-6-21(23)14-17-27(30)34-32/h1-4,6-8,10,12-17,19,32,34H,5,9,11,18H2/t32-/m0/s1. The van der Waals surface area contributed by atoms with Crippen molar-refractivity contribution in [1.29, 1.82) is 0 Å². The molecular weight excluding hydrogens is 447 g/mol. The van der Waals surface area contributed by atoms with Crippen LogP contribution in [0.1, 0.15) is 42.0 Å². The van der Waals surface area contributed by atoms with Gasteiger partial charge in [-0.05, 0) is 59.0 Å². The third kappa shape index (κ3) is 3.29. The molecule has 36 heavy (non-hydrogen) atoms. The second-order valence-corrected chi connectivity index (χ2v) is 9.81. The van der Waals surface area contributed by atoms with Gasteiger partial charge in [0.1, 0.15) is 5.82 Å². The van der Waals surface area contributed by atoms with Gasteiger partial charge in [0.05, 0.1) is 6.04 Å². The van der Waals surface area contributed by atoms with E-state index in [1.165, 1.54) is 34.0 Å². The Morgan fingerprint density at radius 3 is 2.50 bits per heavy atom. The molecule has 176 valence electrons. The van der Waals surface area contributed by atoms with Gasteiger partial charge in [-0.2, -0.15) is 0 Å². The van der Waals surface area contributed by atoms with E-state index >= 15 is 0 Å². The number of carbonyl (C=O) groups is 1. The van der Waals surface area contributed by atoms with Gasteiger partial charge in [-0.15, -0.1) is 0 Å². The van der Waals surface area contributed by atoms with Gasteiger partial charge >= 0.3 is 0 Å². The van der Waals surface area contributed by atoms with Crippen molar-refractivity contribution in [2.75, 3.05) is 5.32 Å². The zero-order valence-corrected chi connectivity index (χ0v) is 19.8. The van der Waals surface area contributed by atoms with Crippen LogP contribution in [0.5, 0.6) is 0 Å². The lowest BCUT2D eigenvalue weighted by atomic mass is 9.77.